The van der Waals surface area contributed by atoms with Gasteiger partial charge in [0.1, 0.15) is 0 Å². The molecule has 3 rings (SSSR count). The van der Waals surface area contributed by atoms with Gasteiger partial charge in [-0.25, -0.2) is 0 Å². The molecule has 1 saturated heterocycles. The molecule has 25 heavy (non-hydrogen) atoms. The number of amidine groups is 1. The molecule has 0 saturated carbocycles. The maximum atomic E-state index is 12.6. The van der Waals surface area contributed by atoms with Crippen LogP contribution in [0, 0.1) is 0 Å². The predicted octanol–water partition coefficient (Wildman–Crippen LogP) is 1.40. The maximum Gasteiger partial charge on any atom is 0.247 e. The van der Waals surface area contributed by atoms with Gasteiger partial charge < -0.3 is 14.3 Å². The first-order valence-electron chi connectivity index (χ1n) is 7.38. The Morgan fingerprint density at radius 3 is 2.72 bits per heavy atom. The summed E-state index contributed by atoms with van der Waals surface area (Å²) in [7, 11) is 0. The van der Waals surface area contributed by atoms with E-state index in [-0.39, 0.29) is 12.3 Å². The van der Waals surface area contributed by atoms with Gasteiger partial charge >= 0.3 is 0 Å². The van der Waals surface area contributed by atoms with Crippen LogP contribution in [0.1, 0.15) is 12.2 Å². The first-order chi connectivity index (χ1) is 12.1. The number of carboxylic acid groups (broad SMARTS) is 1. The first-order valence-corrected chi connectivity index (χ1v) is 8.26. The Kier molecular flexibility index (Phi) is 4.90. The lowest BCUT2D eigenvalue weighted by molar-refractivity contribution is -0.305. The number of rotatable bonds is 6. The van der Waals surface area contributed by atoms with E-state index in [4.69, 9.17) is 4.42 Å². The number of hydrazone groups is 1. The zero-order valence-electron chi connectivity index (χ0n) is 13.0. The fourth-order valence-electron chi connectivity index (χ4n) is 2.26. The second-order valence-corrected chi connectivity index (χ2v) is 6.32. The van der Waals surface area contributed by atoms with Gasteiger partial charge in [-0.1, -0.05) is 36.5 Å². The quantitative estimate of drug-likeness (QED) is 0.786. The lowest BCUT2D eigenvalue weighted by Gasteiger charge is -2.16. The van der Waals surface area contributed by atoms with Gasteiger partial charge in [0.15, 0.2) is 10.9 Å². The van der Waals surface area contributed by atoms with E-state index in [1.165, 1.54) is 11.2 Å². The summed E-state index contributed by atoms with van der Waals surface area (Å²) in [5, 5.41) is 14.6. The Morgan fingerprint density at radius 2 is 2.08 bits per heavy atom. The number of thioether (sulfide) groups is 1. The lowest BCUT2D eigenvalue weighted by Crippen LogP contribution is -2.35. The number of carbonyl (C=O) groups excluding carboxylic acids is 2. The molecule has 0 aliphatic carbocycles. The van der Waals surface area contributed by atoms with E-state index in [1.54, 1.807) is 36.4 Å². The molecular formula is C17H14N3O4S-. The fourth-order valence-corrected chi connectivity index (χ4v) is 3.34. The smallest absolute Gasteiger partial charge is 0.247 e. The highest BCUT2D eigenvalue weighted by Crippen LogP contribution is 2.33. The molecule has 1 aliphatic rings. The van der Waals surface area contributed by atoms with Crippen molar-refractivity contribution in [3.05, 3.63) is 61.1 Å². The average molecular weight is 356 g/mol. The third kappa shape index (κ3) is 3.74. The molecule has 1 aliphatic heterocycles. The number of nitrogens with zero attached hydrogens (tertiary/aromatic N) is 2. The third-order valence-electron chi connectivity index (χ3n) is 3.41. The number of amides is 1. The van der Waals surface area contributed by atoms with Crippen molar-refractivity contribution >= 4 is 40.2 Å². The van der Waals surface area contributed by atoms with Gasteiger partial charge in [-0.2, -0.15) is 0 Å². The third-order valence-corrected chi connectivity index (χ3v) is 4.54. The maximum absolute atomic E-state index is 12.6. The van der Waals surface area contributed by atoms with E-state index in [0.717, 1.165) is 11.8 Å². The standard InChI is InChI=1S/C17H15N3O4S/c1-11(13-8-5-9-24-13)18-19-17-20(12-6-3-2-4-7-12)16(23)14(25-17)10-15(21)22/h2-9,14,18H,1,10H2,(H,21,22)/p-1. The second kappa shape index (κ2) is 7.27. The summed E-state index contributed by atoms with van der Waals surface area (Å²) in [6, 6.07) is 12.3. The molecular weight excluding hydrogens is 342 g/mol. The van der Waals surface area contributed by atoms with Gasteiger partial charge in [-0.15, -0.1) is 5.10 Å². The van der Waals surface area contributed by atoms with E-state index in [9.17, 15) is 14.7 Å². The summed E-state index contributed by atoms with van der Waals surface area (Å²) < 4.78 is 5.21. The Balaban J connectivity index is 1.86. The van der Waals surface area contributed by atoms with E-state index < -0.39 is 11.2 Å². The summed E-state index contributed by atoms with van der Waals surface area (Å²) >= 11 is 1.06. The minimum absolute atomic E-state index is 0.329. The van der Waals surface area contributed by atoms with Crippen LogP contribution in [0.3, 0.4) is 0 Å². The summed E-state index contributed by atoms with van der Waals surface area (Å²) in [5.41, 5.74) is 3.76. The van der Waals surface area contributed by atoms with E-state index in [0.29, 0.717) is 22.3 Å². The topological polar surface area (TPSA) is 98.0 Å². The number of furan rings is 1. The summed E-state index contributed by atoms with van der Waals surface area (Å²) in [6.07, 6.45) is 1.13. The highest BCUT2D eigenvalue weighted by Gasteiger charge is 2.39. The SMILES string of the molecule is C=C(NN=C1SC(CC(=O)[O-])C(=O)N1c1ccccc1)c1ccco1. The van der Waals surface area contributed by atoms with Crippen LogP contribution in [0.25, 0.3) is 5.70 Å². The molecule has 1 fully saturated rings. The molecule has 0 radical (unpaired) electrons. The molecule has 1 aromatic heterocycles. The highest BCUT2D eigenvalue weighted by atomic mass is 32.2. The molecule has 1 unspecified atom stereocenters. The number of benzene rings is 1. The molecule has 2 heterocycles. The number of carboxylic acids is 1. The first kappa shape index (κ1) is 16.8. The van der Waals surface area contributed by atoms with Crippen LogP contribution in [0.4, 0.5) is 5.69 Å². The van der Waals surface area contributed by atoms with Gasteiger partial charge in [0.05, 0.1) is 22.9 Å². The van der Waals surface area contributed by atoms with Crippen molar-refractivity contribution in [3.8, 4) is 0 Å². The molecule has 8 heteroatoms. The second-order valence-electron chi connectivity index (χ2n) is 5.15. The molecule has 0 spiro atoms. The normalized spacial score (nSPS) is 18.6. The zero-order chi connectivity index (χ0) is 17.8. The number of nitrogens with one attached hydrogen (secondary N) is 1. The molecule has 1 atom stereocenters. The number of hydrogen-bond donors (Lipinski definition) is 1. The van der Waals surface area contributed by atoms with Gasteiger partial charge in [-0.05, 0) is 24.3 Å². The van der Waals surface area contributed by atoms with Crippen molar-refractivity contribution in [2.45, 2.75) is 11.7 Å². The van der Waals surface area contributed by atoms with Crippen LogP contribution in [0.5, 0.6) is 0 Å². The van der Waals surface area contributed by atoms with Crippen molar-refractivity contribution in [3.63, 3.8) is 0 Å². The zero-order valence-corrected chi connectivity index (χ0v) is 13.9. The minimum atomic E-state index is -1.28. The molecule has 1 aromatic carbocycles. The predicted molar refractivity (Wildman–Crippen MR) is 93.2 cm³/mol. The van der Waals surface area contributed by atoms with Gasteiger partial charge in [0.25, 0.3) is 0 Å². The van der Waals surface area contributed by atoms with Crippen molar-refractivity contribution in [1.29, 1.82) is 0 Å². The summed E-state index contributed by atoms with van der Waals surface area (Å²) in [4.78, 5) is 24.9. The molecule has 1 amide bonds. The summed E-state index contributed by atoms with van der Waals surface area (Å²) in [6.45, 7) is 3.81. The van der Waals surface area contributed by atoms with Crippen molar-refractivity contribution < 1.29 is 19.1 Å². The fraction of sp³-hybridized carbons (Fsp3) is 0.118. The van der Waals surface area contributed by atoms with Crippen LogP contribution in [0.15, 0.2) is 64.8 Å². The largest absolute Gasteiger partial charge is 0.550 e. The lowest BCUT2D eigenvalue weighted by atomic mass is 10.2. The van der Waals surface area contributed by atoms with Gasteiger partial charge in [0, 0.05) is 12.4 Å². The summed E-state index contributed by atoms with van der Waals surface area (Å²) in [5.74, 6) is -1.13. The van der Waals surface area contributed by atoms with E-state index >= 15 is 0 Å². The van der Waals surface area contributed by atoms with Crippen molar-refractivity contribution in [2.75, 3.05) is 4.90 Å². The monoisotopic (exact) mass is 356 g/mol. The molecule has 1 N–H and O–H groups in total. The van der Waals surface area contributed by atoms with E-state index in [1.807, 2.05) is 6.07 Å². The average Bonchev–Trinajstić information content (AvgIpc) is 3.22. The van der Waals surface area contributed by atoms with Crippen LogP contribution in [0.2, 0.25) is 0 Å². The molecule has 128 valence electrons. The van der Waals surface area contributed by atoms with E-state index in [2.05, 4.69) is 17.1 Å². The van der Waals surface area contributed by atoms with Crippen LogP contribution < -0.4 is 15.4 Å². The van der Waals surface area contributed by atoms with Crippen molar-refractivity contribution in [1.82, 2.24) is 5.43 Å². The number of anilines is 1. The number of aliphatic carboxylic acids is 1. The molecule has 2 aromatic rings. The highest BCUT2D eigenvalue weighted by molar-refractivity contribution is 8.16. The Labute approximate surface area is 148 Å². The number of para-hydroxylation sites is 1. The minimum Gasteiger partial charge on any atom is -0.550 e. The molecule has 7 nitrogen and oxygen atoms in total. The van der Waals surface area contributed by atoms with Crippen LogP contribution in [-0.2, 0) is 9.59 Å². The van der Waals surface area contributed by atoms with Gasteiger partial charge in [-0.3, -0.25) is 15.1 Å². The number of carbonyl (C=O) groups is 2. The Morgan fingerprint density at radius 1 is 1.32 bits per heavy atom. The molecule has 0 bridgehead atoms. The van der Waals surface area contributed by atoms with Crippen LogP contribution >= 0.6 is 11.8 Å². The Hall–Kier alpha value is -3.00. The van der Waals surface area contributed by atoms with Crippen molar-refractivity contribution in [2.24, 2.45) is 5.10 Å². The Bertz CT molecular complexity index is 818. The van der Waals surface area contributed by atoms with Crippen LogP contribution in [-0.4, -0.2) is 22.3 Å². The number of hydrogen-bond acceptors (Lipinski definition) is 7. The van der Waals surface area contributed by atoms with Gasteiger partial charge in [0.2, 0.25) is 5.91 Å².